The van der Waals surface area contributed by atoms with Crippen molar-refractivity contribution in [1.82, 2.24) is 0 Å². The molecule has 0 aliphatic carbocycles. The lowest BCUT2D eigenvalue weighted by Gasteiger charge is -2.15. The fourth-order valence-electron chi connectivity index (χ4n) is 1.00. The van der Waals surface area contributed by atoms with Crippen molar-refractivity contribution in [1.29, 1.82) is 0 Å². The van der Waals surface area contributed by atoms with Gasteiger partial charge in [-0.1, -0.05) is 12.1 Å². The Morgan fingerprint density at radius 3 is 2.50 bits per heavy atom. The molecule has 1 rings (SSSR count). The monoisotopic (exact) mass is 222 g/mol. The van der Waals surface area contributed by atoms with Crippen molar-refractivity contribution < 1.29 is 18.3 Å². The molecule has 0 aliphatic heterocycles. The maximum Gasteiger partial charge on any atom is 0.418 e. The molecule has 0 saturated carbocycles. The minimum absolute atomic E-state index is 0.121. The van der Waals surface area contributed by atoms with E-state index in [0.29, 0.717) is 4.90 Å². The zero-order valence-electron chi connectivity index (χ0n) is 7.38. The van der Waals surface area contributed by atoms with Crippen molar-refractivity contribution in [3.05, 3.63) is 29.8 Å². The highest BCUT2D eigenvalue weighted by Crippen LogP contribution is 2.33. The Morgan fingerprint density at radius 1 is 1.36 bits per heavy atom. The summed E-state index contributed by atoms with van der Waals surface area (Å²) in [5.74, 6) is 0. The van der Waals surface area contributed by atoms with Crippen molar-refractivity contribution in [3.8, 4) is 0 Å². The fraction of sp³-hybridized carbons (Fsp3) is 0.333. The largest absolute Gasteiger partial charge is 0.418 e. The molecule has 1 aromatic rings. The summed E-state index contributed by atoms with van der Waals surface area (Å²) < 4.78 is 36.3. The second kappa shape index (κ2) is 4.23. The Morgan fingerprint density at radius 2 is 2.00 bits per heavy atom. The van der Waals surface area contributed by atoms with E-state index >= 15 is 0 Å². The first-order valence-electron chi connectivity index (χ1n) is 3.84. The molecule has 14 heavy (non-hydrogen) atoms. The Hall–Kier alpha value is -0.680. The summed E-state index contributed by atoms with van der Waals surface area (Å²) in [7, 11) is 0. The normalized spacial score (nSPS) is 14.1. The molecule has 0 unspecified atom stereocenters. The van der Waals surface area contributed by atoms with Crippen LogP contribution in [0.1, 0.15) is 11.7 Å². The van der Waals surface area contributed by atoms with Gasteiger partial charge < -0.3 is 5.11 Å². The van der Waals surface area contributed by atoms with Gasteiger partial charge in [0.1, 0.15) is 0 Å². The number of hydrogen-bond donors (Lipinski definition) is 1. The van der Waals surface area contributed by atoms with Crippen molar-refractivity contribution in [2.24, 2.45) is 0 Å². The molecule has 78 valence electrons. The first-order valence-corrected chi connectivity index (χ1v) is 5.06. The zero-order valence-corrected chi connectivity index (χ0v) is 8.19. The molecule has 0 amide bonds. The van der Waals surface area contributed by atoms with Gasteiger partial charge in [0.25, 0.3) is 0 Å². The van der Waals surface area contributed by atoms with Gasteiger partial charge in [-0.2, -0.15) is 13.2 Å². The minimum Gasteiger partial charge on any atom is -0.379 e. The van der Waals surface area contributed by atoms with Crippen LogP contribution in [-0.4, -0.2) is 17.5 Å². The Kier molecular flexibility index (Phi) is 3.44. The molecule has 0 aliphatic rings. The average Bonchev–Trinajstić information content (AvgIpc) is 2.15. The lowest BCUT2D eigenvalue weighted by molar-refractivity contribution is -0.206. The van der Waals surface area contributed by atoms with E-state index in [4.69, 9.17) is 5.11 Å². The van der Waals surface area contributed by atoms with E-state index in [9.17, 15) is 13.2 Å². The van der Waals surface area contributed by atoms with E-state index in [-0.39, 0.29) is 5.56 Å². The molecule has 1 atom stereocenters. The molecule has 1 N–H and O–H groups in total. The van der Waals surface area contributed by atoms with Crippen molar-refractivity contribution in [2.45, 2.75) is 17.2 Å². The zero-order chi connectivity index (χ0) is 10.8. The van der Waals surface area contributed by atoms with Crippen LogP contribution in [0.2, 0.25) is 0 Å². The predicted molar refractivity (Wildman–Crippen MR) is 49.2 cm³/mol. The van der Waals surface area contributed by atoms with E-state index in [1.54, 1.807) is 12.3 Å². The van der Waals surface area contributed by atoms with E-state index < -0.39 is 12.3 Å². The maximum absolute atomic E-state index is 12.1. The SMILES string of the molecule is CSc1cccc([C@H](O)C(F)(F)F)c1. The van der Waals surface area contributed by atoms with E-state index in [0.717, 1.165) is 0 Å². The smallest absolute Gasteiger partial charge is 0.379 e. The number of thioether (sulfide) groups is 1. The van der Waals surface area contributed by atoms with Crippen LogP contribution in [0.25, 0.3) is 0 Å². The Labute approximate surface area is 83.9 Å². The lowest BCUT2D eigenvalue weighted by Crippen LogP contribution is -2.20. The molecule has 0 aromatic heterocycles. The van der Waals surface area contributed by atoms with Gasteiger partial charge in [-0.3, -0.25) is 0 Å². The number of benzene rings is 1. The molecule has 1 nitrogen and oxygen atoms in total. The highest BCUT2D eigenvalue weighted by molar-refractivity contribution is 7.98. The molecule has 0 bridgehead atoms. The van der Waals surface area contributed by atoms with Gasteiger partial charge in [0, 0.05) is 4.90 Å². The van der Waals surface area contributed by atoms with Gasteiger partial charge in [-0.05, 0) is 24.0 Å². The maximum atomic E-state index is 12.1. The summed E-state index contributed by atoms with van der Waals surface area (Å²) in [6, 6.07) is 5.79. The van der Waals surface area contributed by atoms with Crippen LogP contribution in [0.3, 0.4) is 0 Å². The number of halogens is 3. The van der Waals surface area contributed by atoms with Gasteiger partial charge >= 0.3 is 6.18 Å². The Balaban J connectivity index is 2.95. The summed E-state index contributed by atoms with van der Waals surface area (Å²) in [6.45, 7) is 0. The molecule has 0 spiro atoms. The number of rotatable bonds is 2. The highest BCUT2D eigenvalue weighted by Gasteiger charge is 2.39. The lowest BCUT2D eigenvalue weighted by atomic mass is 10.1. The van der Waals surface area contributed by atoms with Crippen LogP contribution >= 0.6 is 11.8 Å². The third-order valence-corrected chi connectivity index (χ3v) is 2.44. The Bertz CT molecular complexity index is 311. The van der Waals surface area contributed by atoms with Gasteiger partial charge in [0.2, 0.25) is 0 Å². The number of aliphatic hydroxyl groups is 1. The van der Waals surface area contributed by atoms with Crippen LogP contribution in [0.5, 0.6) is 0 Å². The standard InChI is InChI=1S/C9H9F3OS/c1-14-7-4-2-3-6(5-7)8(13)9(10,11)12/h2-5,8,13H,1H3/t8-/m0/s1. The van der Waals surface area contributed by atoms with Gasteiger partial charge in [0.15, 0.2) is 6.10 Å². The second-order valence-corrected chi connectivity index (χ2v) is 3.60. The first-order chi connectivity index (χ1) is 6.45. The van der Waals surface area contributed by atoms with E-state index in [1.807, 2.05) is 0 Å². The van der Waals surface area contributed by atoms with Gasteiger partial charge in [-0.15, -0.1) is 11.8 Å². The molecular formula is C9H9F3OS. The van der Waals surface area contributed by atoms with Crippen LogP contribution < -0.4 is 0 Å². The first kappa shape index (κ1) is 11.4. The molecule has 0 heterocycles. The third-order valence-electron chi connectivity index (χ3n) is 1.72. The third kappa shape index (κ3) is 2.65. The second-order valence-electron chi connectivity index (χ2n) is 2.72. The fourth-order valence-corrected chi connectivity index (χ4v) is 1.47. The quantitative estimate of drug-likeness (QED) is 0.776. The van der Waals surface area contributed by atoms with Crippen molar-refractivity contribution in [3.63, 3.8) is 0 Å². The molecule has 0 fully saturated rings. The summed E-state index contributed by atoms with van der Waals surface area (Å²) >= 11 is 1.33. The van der Waals surface area contributed by atoms with Crippen LogP contribution in [0.15, 0.2) is 29.2 Å². The molecular weight excluding hydrogens is 213 g/mol. The average molecular weight is 222 g/mol. The van der Waals surface area contributed by atoms with Gasteiger partial charge in [-0.25, -0.2) is 0 Å². The van der Waals surface area contributed by atoms with Crippen molar-refractivity contribution in [2.75, 3.05) is 6.26 Å². The highest BCUT2D eigenvalue weighted by atomic mass is 32.2. The molecule has 0 radical (unpaired) electrons. The number of alkyl halides is 3. The summed E-state index contributed by atoms with van der Waals surface area (Å²) in [5, 5.41) is 8.94. The summed E-state index contributed by atoms with van der Waals surface area (Å²) in [5.41, 5.74) is -0.121. The summed E-state index contributed by atoms with van der Waals surface area (Å²) in [4.78, 5) is 0.700. The number of aliphatic hydroxyl groups excluding tert-OH is 1. The summed E-state index contributed by atoms with van der Waals surface area (Å²) in [6.07, 6.45) is -5.23. The van der Waals surface area contributed by atoms with E-state index in [2.05, 4.69) is 0 Å². The van der Waals surface area contributed by atoms with Gasteiger partial charge in [0.05, 0.1) is 0 Å². The van der Waals surface area contributed by atoms with E-state index in [1.165, 1.54) is 30.0 Å². The van der Waals surface area contributed by atoms with Crippen molar-refractivity contribution >= 4 is 11.8 Å². The molecule has 1 aromatic carbocycles. The van der Waals surface area contributed by atoms with Crippen LogP contribution in [-0.2, 0) is 0 Å². The molecule has 5 heteroatoms. The predicted octanol–water partition coefficient (Wildman–Crippen LogP) is 3.00. The van der Waals surface area contributed by atoms with Crippen LogP contribution in [0.4, 0.5) is 13.2 Å². The number of hydrogen-bond acceptors (Lipinski definition) is 2. The molecule has 0 saturated heterocycles. The van der Waals surface area contributed by atoms with Crippen LogP contribution in [0, 0.1) is 0 Å². The minimum atomic E-state index is -4.60. The topological polar surface area (TPSA) is 20.2 Å².